The van der Waals surface area contributed by atoms with Crippen LogP contribution in [0, 0.1) is 5.82 Å². The molecule has 7 heteroatoms. The largest absolute Gasteiger partial charge is 1.00 e. The van der Waals surface area contributed by atoms with E-state index in [1.165, 1.54) is 6.07 Å². The molecular weight excluding hydrogens is 344 g/mol. The molecule has 0 aromatic heterocycles. The van der Waals surface area contributed by atoms with Crippen molar-refractivity contribution in [3.8, 4) is 5.75 Å². The van der Waals surface area contributed by atoms with Crippen molar-refractivity contribution < 1.29 is 49.0 Å². The molecule has 2 aromatic rings. The molecule has 0 amide bonds. The van der Waals surface area contributed by atoms with Crippen molar-refractivity contribution in [2.75, 3.05) is 6.54 Å². The number of hydrogen-bond donors (Lipinski definition) is 1. The molecule has 120 valence electrons. The molecule has 0 fully saturated rings. The molecule has 4 nitrogen and oxygen atoms in total. The molecule has 0 aliphatic heterocycles. The van der Waals surface area contributed by atoms with E-state index in [1.54, 1.807) is 24.3 Å². The maximum atomic E-state index is 13.5. The number of carbonyl (C=O) groups is 1. The molecule has 0 saturated heterocycles. The molecule has 2 rings (SSSR count). The van der Waals surface area contributed by atoms with Gasteiger partial charge in [-0.15, -0.1) is 0 Å². The number of benzene rings is 2. The quantitative estimate of drug-likeness (QED) is 0.433. The number of carboxylic acids is 1. The molecule has 0 heterocycles. The van der Waals surface area contributed by atoms with Crippen molar-refractivity contribution in [3.05, 3.63) is 64.4 Å². The zero-order chi connectivity index (χ0) is 16.8. The number of carbonyl (C=O) groups excluding carboxylic acids is 1. The summed E-state index contributed by atoms with van der Waals surface area (Å²) in [5, 5.41) is 20.9. The number of hydrogen-bond acceptors (Lipinski definition) is 4. The zero-order valence-corrected chi connectivity index (χ0v) is 15.9. The van der Waals surface area contributed by atoms with Crippen molar-refractivity contribution in [1.29, 1.82) is 0 Å². The standard InChI is InChI=1S/C17H15ClFNO3.Na/c18-14-5-2-1-4-12(14)17(20-9-3-6-16(22)23)13-10-11(19)7-8-15(13)21;/h1-2,4-5,7-8,10,21H,3,6,9H2,(H,22,23);/q;+1/p-1. The Labute approximate surface area is 166 Å². The fraction of sp³-hybridized carbons (Fsp3) is 0.176. The minimum atomic E-state index is -1.16. The summed E-state index contributed by atoms with van der Waals surface area (Å²) in [7, 11) is 0. The summed E-state index contributed by atoms with van der Waals surface area (Å²) in [6, 6.07) is 10.4. The van der Waals surface area contributed by atoms with Crippen molar-refractivity contribution in [2.24, 2.45) is 4.99 Å². The summed E-state index contributed by atoms with van der Waals surface area (Å²) in [6.45, 7) is 0.185. The van der Waals surface area contributed by atoms with E-state index in [2.05, 4.69) is 4.99 Å². The van der Waals surface area contributed by atoms with Crippen LogP contribution >= 0.6 is 11.6 Å². The predicted octanol–water partition coefficient (Wildman–Crippen LogP) is -0.444. The molecule has 0 radical (unpaired) electrons. The van der Waals surface area contributed by atoms with Gasteiger partial charge in [-0.3, -0.25) is 4.99 Å². The fourth-order valence-electron chi connectivity index (χ4n) is 2.08. The minimum absolute atomic E-state index is 0. The zero-order valence-electron chi connectivity index (χ0n) is 13.1. The molecular formula is C17H14ClFNNaO3. The van der Waals surface area contributed by atoms with Gasteiger partial charge in [-0.2, -0.15) is 0 Å². The van der Waals surface area contributed by atoms with E-state index >= 15 is 0 Å². The summed E-state index contributed by atoms with van der Waals surface area (Å²) in [6.07, 6.45) is 0.140. The maximum absolute atomic E-state index is 13.5. The Morgan fingerprint density at radius 1 is 1.21 bits per heavy atom. The van der Waals surface area contributed by atoms with Gasteiger partial charge in [0.1, 0.15) is 11.6 Å². The number of aliphatic carboxylic acids is 1. The Hall–Kier alpha value is -1.40. The average Bonchev–Trinajstić information content (AvgIpc) is 2.51. The first-order valence-electron chi connectivity index (χ1n) is 6.97. The molecule has 2 aromatic carbocycles. The fourth-order valence-corrected chi connectivity index (χ4v) is 2.31. The molecule has 24 heavy (non-hydrogen) atoms. The predicted molar refractivity (Wildman–Crippen MR) is 84.3 cm³/mol. The van der Waals surface area contributed by atoms with Crippen LogP contribution in [-0.2, 0) is 4.79 Å². The van der Waals surface area contributed by atoms with E-state index in [9.17, 15) is 19.4 Å². The van der Waals surface area contributed by atoms with Crippen LogP contribution in [0.4, 0.5) is 4.39 Å². The molecule has 0 bridgehead atoms. The Morgan fingerprint density at radius 3 is 2.58 bits per heavy atom. The van der Waals surface area contributed by atoms with Gasteiger partial charge in [0.05, 0.1) is 5.71 Å². The SMILES string of the molecule is O=C([O-])CCCN=C(c1cc(F)ccc1O)c1ccccc1Cl.[Na+]. The van der Waals surface area contributed by atoms with Gasteiger partial charge in [0.15, 0.2) is 0 Å². The van der Waals surface area contributed by atoms with Gasteiger partial charge in [0.2, 0.25) is 0 Å². The van der Waals surface area contributed by atoms with Gasteiger partial charge < -0.3 is 15.0 Å². The van der Waals surface area contributed by atoms with Crippen LogP contribution in [0.2, 0.25) is 5.02 Å². The molecule has 0 aliphatic rings. The van der Waals surface area contributed by atoms with Gasteiger partial charge in [-0.05, 0) is 37.1 Å². The van der Waals surface area contributed by atoms with Crippen LogP contribution in [0.1, 0.15) is 24.0 Å². The number of carboxylic acid groups (broad SMARTS) is 1. The first-order chi connectivity index (χ1) is 11.0. The van der Waals surface area contributed by atoms with Crippen LogP contribution in [0.25, 0.3) is 0 Å². The van der Waals surface area contributed by atoms with E-state index in [1.807, 2.05) is 0 Å². The van der Waals surface area contributed by atoms with E-state index < -0.39 is 11.8 Å². The number of phenols is 1. The number of aromatic hydroxyl groups is 1. The van der Waals surface area contributed by atoms with Crippen molar-refractivity contribution >= 4 is 23.3 Å². The van der Waals surface area contributed by atoms with Crippen molar-refractivity contribution in [1.82, 2.24) is 0 Å². The van der Waals surface area contributed by atoms with Crippen LogP contribution in [0.5, 0.6) is 5.75 Å². The van der Waals surface area contributed by atoms with E-state index in [-0.39, 0.29) is 60.3 Å². The first-order valence-corrected chi connectivity index (χ1v) is 7.35. The Bertz CT molecular complexity index is 752. The van der Waals surface area contributed by atoms with Gasteiger partial charge in [0, 0.05) is 28.7 Å². The number of nitrogens with zero attached hydrogens (tertiary/aromatic N) is 1. The number of halogens is 2. The Kier molecular flexibility index (Phi) is 8.42. The smallest absolute Gasteiger partial charge is 0.550 e. The van der Waals surface area contributed by atoms with Crippen LogP contribution in [0.15, 0.2) is 47.5 Å². The average molecular weight is 358 g/mol. The van der Waals surface area contributed by atoms with Crippen LogP contribution < -0.4 is 34.7 Å². The molecule has 0 saturated carbocycles. The summed E-state index contributed by atoms with van der Waals surface area (Å²) in [5.41, 5.74) is 1.04. The minimum Gasteiger partial charge on any atom is -0.550 e. The third kappa shape index (κ3) is 5.60. The van der Waals surface area contributed by atoms with Crippen molar-refractivity contribution in [2.45, 2.75) is 12.8 Å². The van der Waals surface area contributed by atoms with E-state index in [4.69, 9.17) is 11.6 Å². The van der Waals surface area contributed by atoms with Crippen LogP contribution in [-0.4, -0.2) is 23.3 Å². The van der Waals surface area contributed by atoms with Crippen molar-refractivity contribution in [3.63, 3.8) is 0 Å². The second kappa shape index (κ2) is 9.79. The first kappa shape index (κ1) is 20.6. The summed E-state index contributed by atoms with van der Waals surface area (Å²) >= 11 is 6.16. The molecule has 0 atom stereocenters. The molecule has 0 spiro atoms. The maximum Gasteiger partial charge on any atom is 1.00 e. The third-order valence-corrected chi connectivity index (χ3v) is 3.48. The molecule has 1 N–H and O–H groups in total. The number of aliphatic imine (C=N–C) groups is 1. The van der Waals surface area contributed by atoms with Gasteiger partial charge >= 0.3 is 29.6 Å². The Balaban J connectivity index is 0.00000288. The topological polar surface area (TPSA) is 72.7 Å². The number of rotatable bonds is 6. The summed E-state index contributed by atoms with van der Waals surface area (Å²) in [5.74, 6) is -1.81. The van der Waals surface area contributed by atoms with Gasteiger partial charge in [-0.1, -0.05) is 29.8 Å². The molecule has 0 unspecified atom stereocenters. The summed E-state index contributed by atoms with van der Waals surface area (Å²) in [4.78, 5) is 14.8. The van der Waals surface area contributed by atoms with E-state index in [0.29, 0.717) is 16.3 Å². The second-order valence-electron chi connectivity index (χ2n) is 4.85. The van der Waals surface area contributed by atoms with Gasteiger partial charge in [-0.25, -0.2) is 4.39 Å². The Morgan fingerprint density at radius 2 is 1.92 bits per heavy atom. The van der Waals surface area contributed by atoms with Gasteiger partial charge in [0.25, 0.3) is 0 Å². The molecule has 0 aliphatic carbocycles. The third-order valence-electron chi connectivity index (χ3n) is 3.15. The number of phenolic OH excluding ortho intramolecular Hbond substituents is 1. The normalized spacial score (nSPS) is 11.0. The second-order valence-corrected chi connectivity index (χ2v) is 5.25. The van der Waals surface area contributed by atoms with E-state index in [0.717, 1.165) is 12.1 Å². The monoisotopic (exact) mass is 357 g/mol. The summed E-state index contributed by atoms with van der Waals surface area (Å²) < 4.78 is 13.5. The van der Waals surface area contributed by atoms with Crippen LogP contribution in [0.3, 0.4) is 0 Å².